The van der Waals surface area contributed by atoms with Crippen molar-refractivity contribution in [1.82, 2.24) is 0 Å². The predicted molar refractivity (Wildman–Crippen MR) is 128 cm³/mol. The minimum Gasteiger partial charge on any atom is -0.481 e. The standard InChI is InChI=1S/C27H44O5/c1-3-4-5-6-7-8-9-10-11-12-13-14-18-21-27(22-26(29)30,32-24(2)28)31-23-25-19-16-15-17-20-25/h15-17,19-20H,3-14,18,21-23H2,1-2H3,(H,29,30). The monoisotopic (exact) mass is 448 g/mol. The fourth-order valence-electron chi connectivity index (χ4n) is 4.02. The third kappa shape index (κ3) is 14.2. The predicted octanol–water partition coefficient (Wildman–Crippen LogP) is 7.42. The van der Waals surface area contributed by atoms with Gasteiger partial charge in [-0.3, -0.25) is 9.59 Å². The summed E-state index contributed by atoms with van der Waals surface area (Å²) in [5, 5.41) is 9.39. The molecule has 1 unspecified atom stereocenters. The SMILES string of the molecule is CCCCCCCCCCCCCCCC(CC(=O)O)(OCc1ccccc1)OC(C)=O. The van der Waals surface area contributed by atoms with Crippen molar-refractivity contribution < 1.29 is 24.2 Å². The number of unbranched alkanes of at least 4 members (excludes halogenated alkanes) is 12. The molecular weight excluding hydrogens is 404 g/mol. The molecule has 0 aliphatic carbocycles. The Bertz CT molecular complexity index is 598. The molecule has 1 aromatic carbocycles. The number of carboxylic acids is 1. The number of rotatable bonds is 20. The van der Waals surface area contributed by atoms with E-state index >= 15 is 0 Å². The lowest BCUT2D eigenvalue weighted by Gasteiger charge is -2.32. The first-order chi connectivity index (χ1) is 15.5. The van der Waals surface area contributed by atoms with Gasteiger partial charge in [0.2, 0.25) is 5.79 Å². The van der Waals surface area contributed by atoms with E-state index in [0.29, 0.717) is 6.42 Å². The van der Waals surface area contributed by atoms with Crippen LogP contribution in [-0.2, 0) is 25.7 Å². The first-order valence-electron chi connectivity index (χ1n) is 12.6. The summed E-state index contributed by atoms with van der Waals surface area (Å²) in [7, 11) is 0. The fraction of sp³-hybridized carbons (Fsp3) is 0.704. The van der Waals surface area contributed by atoms with Gasteiger partial charge in [-0.2, -0.15) is 0 Å². The molecular formula is C27H44O5. The highest BCUT2D eigenvalue weighted by molar-refractivity contribution is 5.70. The van der Waals surface area contributed by atoms with Crippen molar-refractivity contribution in [2.24, 2.45) is 0 Å². The van der Waals surface area contributed by atoms with Crippen molar-refractivity contribution in [3.05, 3.63) is 35.9 Å². The zero-order valence-corrected chi connectivity index (χ0v) is 20.3. The summed E-state index contributed by atoms with van der Waals surface area (Å²) in [6.07, 6.45) is 16.1. The third-order valence-corrected chi connectivity index (χ3v) is 5.76. The molecule has 1 aromatic rings. The molecule has 5 nitrogen and oxygen atoms in total. The Kier molecular flexibility index (Phi) is 15.5. The number of carbonyl (C=O) groups excluding carboxylic acids is 1. The molecule has 0 aliphatic heterocycles. The van der Waals surface area contributed by atoms with Crippen LogP contribution in [0.4, 0.5) is 0 Å². The largest absolute Gasteiger partial charge is 0.481 e. The molecule has 0 heterocycles. The lowest BCUT2D eigenvalue weighted by molar-refractivity contribution is -0.243. The summed E-state index contributed by atoms with van der Waals surface area (Å²) in [6, 6.07) is 9.52. The van der Waals surface area contributed by atoms with Gasteiger partial charge in [0, 0.05) is 13.3 Å². The lowest BCUT2D eigenvalue weighted by atomic mass is 10.0. The number of hydrogen-bond donors (Lipinski definition) is 1. The highest BCUT2D eigenvalue weighted by Gasteiger charge is 2.37. The summed E-state index contributed by atoms with van der Waals surface area (Å²) in [6.45, 7) is 3.76. The van der Waals surface area contributed by atoms with E-state index < -0.39 is 17.7 Å². The molecule has 5 heteroatoms. The van der Waals surface area contributed by atoms with Crippen LogP contribution in [0.5, 0.6) is 0 Å². The summed E-state index contributed by atoms with van der Waals surface area (Å²) in [4.78, 5) is 23.2. The van der Waals surface area contributed by atoms with Crippen molar-refractivity contribution in [1.29, 1.82) is 0 Å². The fourth-order valence-corrected chi connectivity index (χ4v) is 4.02. The number of carboxylic acid groups (broad SMARTS) is 1. The van der Waals surface area contributed by atoms with Crippen LogP contribution >= 0.6 is 0 Å². The smallest absolute Gasteiger partial charge is 0.310 e. The second kappa shape index (κ2) is 17.6. The number of ether oxygens (including phenoxy) is 2. The maximum atomic E-state index is 11.7. The van der Waals surface area contributed by atoms with Gasteiger partial charge < -0.3 is 14.6 Å². The van der Waals surface area contributed by atoms with E-state index in [1.165, 1.54) is 71.1 Å². The Labute approximate surface area is 194 Å². The van der Waals surface area contributed by atoms with Gasteiger partial charge in [0.25, 0.3) is 0 Å². The van der Waals surface area contributed by atoms with Crippen molar-refractivity contribution in [2.45, 2.75) is 123 Å². The quantitative estimate of drug-likeness (QED) is 0.128. The Morgan fingerprint density at radius 3 is 1.78 bits per heavy atom. The zero-order valence-electron chi connectivity index (χ0n) is 20.3. The molecule has 1 rings (SSSR count). The number of carbonyl (C=O) groups is 2. The van der Waals surface area contributed by atoms with Crippen LogP contribution in [-0.4, -0.2) is 22.8 Å². The van der Waals surface area contributed by atoms with Gasteiger partial charge >= 0.3 is 11.9 Å². The van der Waals surface area contributed by atoms with E-state index in [1.54, 1.807) is 0 Å². The van der Waals surface area contributed by atoms with Gasteiger partial charge in [-0.15, -0.1) is 0 Å². The number of hydrogen-bond acceptors (Lipinski definition) is 4. The molecule has 0 bridgehead atoms. The molecule has 182 valence electrons. The molecule has 0 saturated heterocycles. The zero-order chi connectivity index (χ0) is 23.5. The number of esters is 1. The Morgan fingerprint density at radius 1 is 0.812 bits per heavy atom. The first-order valence-corrected chi connectivity index (χ1v) is 12.6. The van der Waals surface area contributed by atoms with Crippen LogP contribution in [0.2, 0.25) is 0 Å². The third-order valence-electron chi connectivity index (χ3n) is 5.76. The molecule has 1 atom stereocenters. The van der Waals surface area contributed by atoms with Crippen molar-refractivity contribution in [3.63, 3.8) is 0 Å². The Balaban J connectivity index is 2.33. The van der Waals surface area contributed by atoms with E-state index in [4.69, 9.17) is 9.47 Å². The highest BCUT2D eigenvalue weighted by Crippen LogP contribution is 2.28. The van der Waals surface area contributed by atoms with Crippen molar-refractivity contribution in [2.75, 3.05) is 0 Å². The summed E-state index contributed by atoms with van der Waals surface area (Å²) >= 11 is 0. The molecule has 0 amide bonds. The van der Waals surface area contributed by atoms with E-state index in [9.17, 15) is 14.7 Å². The van der Waals surface area contributed by atoms with Crippen LogP contribution in [0.25, 0.3) is 0 Å². The minimum atomic E-state index is -1.41. The van der Waals surface area contributed by atoms with Gasteiger partial charge in [-0.1, -0.05) is 114 Å². The van der Waals surface area contributed by atoms with Gasteiger partial charge in [-0.05, 0) is 12.0 Å². The molecule has 0 aromatic heterocycles. The molecule has 0 fully saturated rings. The molecule has 32 heavy (non-hydrogen) atoms. The van der Waals surface area contributed by atoms with Gasteiger partial charge in [0.15, 0.2) is 0 Å². The van der Waals surface area contributed by atoms with E-state index in [0.717, 1.165) is 24.8 Å². The van der Waals surface area contributed by atoms with Crippen molar-refractivity contribution in [3.8, 4) is 0 Å². The Morgan fingerprint density at radius 2 is 1.31 bits per heavy atom. The topological polar surface area (TPSA) is 72.8 Å². The van der Waals surface area contributed by atoms with E-state index in [1.807, 2.05) is 30.3 Å². The minimum absolute atomic E-state index is 0.208. The van der Waals surface area contributed by atoms with Gasteiger partial charge in [0.1, 0.15) is 6.42 Å². The maximum Gasteiger partial charge on any atom is 0.310 e. The summed E-state index contributed by atoms with van der Waals surface area (Å²) in [5.74, 6) is -2.96. The molecule has 0 radical (unpaired) electrons. The highest BCUT2D eigenvalue weighted by atomic mass is 16.7. The lowest BCUT2D eigenvalue weighted by Crippen LogP contribution is -2.40. The van der Waals surface area contributed by atoms with Crippen LogP contribution < -0.4 is 0 Å². The van der Waals surface area contributed by atoms with E-state index in [-0.39, 0.29) is 13.0 Å². The normalized spacial score (nSPS) is 12.9. The molecule has 0 spiro atoms. The van der Waals surface area contributed by atoms with Crippen LogP contribution in [0.1, 0.15) is 116 Å². The second-order valence-corrected chi connectivity index (χ2v) is 8.84. The average Bonchev–Trinajstić information content (AvgIpc) is 2.75. The first kappa shape index (κ1) is 28.2. The van der Waals surface area contributed by atoms with Gasteiger partial charge in [0.05, 0.1) is 6.61 Å². The summed E-state index contributed by atoms with van der Waals surface area (Å²) < 4.78 is 11.4. The maximum absolute atomic E-state index is 11.7. The number of benzene rings is 1. The van der Waals surface area contributed by atoms with Crippen LogP contribution in [0.3, 0.4) is 0 Å². The molecule has 0 aliphatic rings. The number of aliphatic carboxylic acids is 1. The Hall–Kier alpha value is -1.88. The van der Waals surface area contributed by atoms with Gasteiger partial charge in [-0.25, -0.2) is 0 Å². The molecule has 0 saturated carbocycles. The van der Waals surface area contributed by atoms with E-state index in [2.05, 4.69) is 6.92 Å². The van der Waals surface area contributed by atoms with Crippen LogP contribution in [0.15, 0.2) is 30.3 Å². The summed E-state index contributed by atoms with van der Waals surface area (Å²) in [5.41, 5.74) is 0.916. The van der Waals surface area contributed by atoms with Crippen molar-refractivity contribution >= 4 is 11.9 Å². The molecule has 1 N–H and O–H groups in total. The second-order valence-electron chi connectivity index (χ2n) is 8.84. The average molecular weight is 449 g/mol. The van der Waals surface area contributed by atoms with Crippen LogP contribution in [0, 0.1) is 0 Å².